The number of hydrogen-bond acceptors (Lipinski definition) is 6. The summed E-state index contributed by atoms with van der Waals surface area (Å²) < 4.78 is 27.6. The number of aryl methyl sites for hydroxylation is 1. The van der Waals surface area contributed by atoms with Crippen molar-refractivity contribution in [3.05, 3.63) is 70.6 Å². The predicted molar refractivity (Wildman–Crippen MR) is 136 cm³/mol. The zero-order valence-electron chi connectivity index (χ0n) is 21.4. The fourth-order valence-corrected chi connectivity index (χ4v) is 3.61. The molecule has 186 valence electrons. The lowest BCUT2D eigenvalue weighted by atomic mass is 9.94. The van der Waals surface area contributed by atoms with Crippen molar-refractivity contribution in [1.82, 2.24) is 9.55 Å². The molecule has 0 saturated heterocycles. The van der Waals surface area contributed by atoms with E-state index in [0.29, 0.717) is 46.0 Å². The summed E-state index contributed by atoms with van der Waals surface area (Å²) in [5.41, 5.74) is 3.40. The van der Waals surface area contributed by atoms with Gasteiger partial charge in [0.15, 0.2) is 0 Å². The summed E-state index contributed by atoms with van der Waals surface area (Å²) in [6.45, 7) is 11.5. The second kappa shape index (κ2) is 10.4. The lowest BCUT2D eigenvalue weighted by molar-refractivity contribution is 0.00690. The number of nitrogens with one attached hydrogen (secondary N) is 2. The Balaban J connectivity index is 2.08. The van der Waals surface area contributed by atoms with E-state index in [2.05, 4.69) is 10.3 Å². The van der Waals surface area contributed by atoms with E-state index in [-0.39, 0.29) is 12.3 Å². The number of aromatic nitrogens is 2. The van der Waals surface area contributed by atoms with Gasteiger partial charge in [0.25, 0.3) is 0 Å². The topological polar surface area (TPSA) is 89.2 Å². The fraction of sp³-hybridized carbons (Fsp3) is 0.370. The van der Waals surface area contributed by atoms with Gasteiger partial charge in [0, 0.05) is 24.9 Å². The standard InChI is InChI=1S/C27H33FN4O3/c1-8-34-15-31-23-13-18(9-10-20(23)25(29)24-14-30-17(3)32(24)7)21-11-19(12-22(28)16(21)2)26(33)35-27(4,5)6/h9-14,29,31H,8,15H2,1-7H3. The van der Waals surface area contributed by atoms with Crippen molar-refractivity contribution < 1.29 is 18.7 Å². The van der Waals surface area contributed by atoms with Crippen LogP contribution in [0.2, 0.25) is 0 Å². The van der Waals surface area contributed by atoms with Gasteiger partial charge in [-0.2, -0.15) is 0 Å². The lowest BCUT2D eigenvalue weighted by Gasteiger charge is -2.20. The van der Waals surface area contributed by atoms with Gasteiger partial charge in [-0.25, -0.2) is 14.2 Å². The second-order valence-corrected chi connectivity index (χ2v) is 9.33. The maximum Gasteiger partial charge on any atom is 0.338 e. The minimum Gasteiger partial charge on any atom is -0.456 e. The molecule has 0 radical (unpaired) electrons. The van der Waals surface area contributed by atoms with E-state index in [4.69, 9.17) is 14.9 Å². The van der Waals surface area contributed by atoms with Gasteiger partial charge in [-0.15, -0.1) is 0 Å². The summed E-state index contributed by atoms with van der Waals surface area (Å²) in [6, 6.07) is 8.32. The minimum atomic E-state index is -0.693. The Bertz CT molecular complexity index is 1260. The molecule has 0 fully saturated rings. The van der Waals surface area contributed by atoms with E-state index in [0.717, 1.165) is 5.82 Å². The summed E-state index contributed by atoms with van der Waals surface area (Å²) in [4.78, 5) is 16.9. The maximum absolute atomic E-state index is 14.9. The van der Waals surface area contributed by atoms with Crippen LogP contribution in [-0.2, 0) is 16.5 Å². The Hall–Kier alpha value is -3.52. The van der Waals surface area contributed by atoms with Gasteiger partial charge in [-0.1, -0.05) is 12.1 Å². The van der Waals surface area contributed by atoms with Crippen LogP contribution in [-0.4, -0.2) is 40.2 Å². The van der Waals surface area contributed by atoms with Crippen LogP contribution in [0, 0.1) is 25.1 Å². The van der Waals surface area contributed by atoms with E-state index in [1.807, 2.05) is 43.7 Å². The monoisotopic (exact) mass is 480 g/mol. The summed E-state index contributed by atoms with van der Waals surface area (Å²) >= 11 is 0. The van der Waals surface area contributed by atoms with E-state index < -0.39 is 17.4 Å². The highest BCUT2D eigenvalue weighted by Crippen LogP contribution is 2.32. The van der Waals surface area contributed by atoms with Gasteiger partial charge in [0.2, 0.25) is 0 Å². The van der Waals surface area contributed by atoms with E-state index in [9.17, 15) is 9.18 Å². The number of halogens is 1. The molecule has 0 unspecified atom stereocenters. The highest BCUT2D eigenvalue weighted by Gasteiger charge is 2.21. The molecule has 0 amide bonds. The predicted octanol–water partition coefficient (Wildman–Crippen LogP) is 5.62. The van der Waals surface area contributed by atoms with Crippen LogP contribution in [0.3, 0.4) is 0 Å². The average molecular weight is 481 g/mol. The third-order valence-corrected chi connectivity index (χ3v) is 5.62. The van der Waals surface area contributed by atoms with Gasteiger partial charge >= 0.3 is 5.97 Å². The van der Waals surface area contributed by atoms with Crippen molar-refractivity contribution in [2.24, 2.45) is 7.05 Å². The summed E-state index contributed by atoms with van der Waals surface area (Å²) in [5.74, 6) is -0.276. The van der Waals surface area contributed by atoms with Crippen molar-refractivity contribution in [1.29, 1.82) is 5.41 Å². The number of carbonyl (C=O) groups is 1. The Morgan fingerprint density at radius 2 is 1.91 bits per heavy atom. The largest absolute Gasteiger partial charge is 0.456 e. The van der Waals surface area contributed by atoms with Crippen LogP contribution in [0.1, 0.15) is 60.7 Å². The molecule has 0 bridgehead atoms. The zero-order valence-corrected chi connectivity index (χ0v) is 21.4. The van der Waals surface area contributed by atoms with Crippen molar-refractivity contribution in [2.45, 2.75) is 47.1 Å². The Morgan fingerprint density at radius 1 is 1.20 bits per heavy atom. The van der Waals surface area contributed by atoms with Gasteiger partial charge < -0.3 is 19.4 Å². The van der Waals surface area contributed by atoms with E-state index in [1.54, 1.807) is 40.0 Å². The number of ether oxygens (including phenoxy) is 2. The number of rotatable bonds is 8. The van der Waals surface area contributed by atoms with Crippen LogP contribution in [0.25, 0.3) is 11.1 Å². The maximum atomic E-state index is 14.9. The van der Waals surface area contributed by atoms with E-state index in [1.165, 1.54) is 6.07 Å². The first-order valence-electron chi connectivity index (χ1n) is 11.5. The number of nitrogens with zero attached hydrogens (tertiary/aromatic N) is 2. The smallest absolute Gasteiger partial charge is 0.338 e. The first-order valence-corrected chi connectivity index (χ1v) is 11.5. The number of esters is 1. The first kappa shape index (κ1) is 26.1. The molecule has 0 spiro atoms. The molecule has 1 aromatic heterocycles. The summed E-state index contributed by atoms with van der Waals surface area (Å²) in [5, 5.41) is 12.0. The molecule has 7 nitrogen and oxygen atoms in total. The summed E-state index contributed by atoms with van der Waals surface area (Å²) in [6.07, 6.45) is 1.67. The molecule has 0 saturated carbocycles. The molecular weight excluding hydrogens is 447 g/mol. The van der Waals surface area contributed by atoms with Crippen LogP contribution in [0.4, 0.5) is 10.1 Å². The van der Waals surface area contributed by atoms with Gasteiger partial charge in [-0.05, 0) is 76.4 Å². The molecule has 3 rings (SSSR count). The third kappa shape index (κ3) is 5.95. The summed E-state index contributed by atoms with van der Waals surface area (Å²) in [7, 11) is 1.86. The van der Waals surface area contributed by atoms with Gasteiger partial charge in [0.1, 0.15) is 24.0 Å². The van der Waals surface area contributed by atoms with Crippen LogP contribution < -0.4 is 5.32 Å². The van der Waals surface area contributed by atoms with Crippen molar-refractivity contribution >= 4 is 17.4 Å². The Kier molecular flexibility index (Phi) is 7.75. The zero-order chi connectivity index (χ0) is 25.9. The van der Waals surface area contributed by atoms with Crippen molar-refractivity contribution in [2.75, 3.05) is 18.7 Å². The number of hydrogen-bond donors (Lipinski definition) is 2. The molecule has 2 N–H and O–H groups in total. The molecule has 3 aromatic rings. The van der Waals surface area contributed by atoms with E-state index >= 15 is 0 Å². The number of anilines is 1. The molecule has 1 heterocycles. The molecule has 2 aromatic carbocycles. The van der Waals surface area contributed by atoms with Crippen molar-refractivity contribution in [3.63, 3.8) is 0 Å². The molecule has 0 aliphatic rings. The van der Waals surface area contributed by atoms with Crippen LogP contribution in [0.15, 0.2) is 36.5 Å². The Labute approximate surface area is 205 Å². The van der Waals surface area contributed by atoms with Crippen LogP contribution >= 0.6 is 0 Å². The molecule has 0 atom stereocenters. The molecule has 35 heavy (non-hydrogen) atoms. The van der Waals surface area contributed by atoms with Gasteiger partial charge in [0.05, 0.1) is 23.2 Å². The number of imidazole rings is 1. The number of benzene rings is 2. The van der Waals surface area contributed by atoms with Gasteiger partial charge in [-0.3, -0.25) is 5.41 Å². The molecule has 0 aliphatic heterocycles. The fourth-order valence-electron chi connectivity index (χ4n) is 3.61. The quantitative estimate of drug-likeness (QED) is 0.189. The minimum absolute atomic E-state index is 0.143. The SMILES string of the molecule is CCOCNc1cc(-c2cc(C(=O)OC(C)(C)C)cc(F)c2C)ccc1C(=N)c1cnc(C)n1C. The lowest BCUT2D eigenvalue weighted by Crippen LogP contribution is -2.24. The molecule has 0 aliphatic carbocycles. The normalized spacial score (nSPS) is 11.4. The first-order chi connectivity index (χ1) is 16.4. The second-order valence-electron chi connectivity index (χ2n) is 9.33. The highest BCUT2D eigenvalue weighted by atomic mass is 19.1. The van der Waals surface area contributed by atoms with Crippen molar-refractivity contribution in [3.8, 4) is 11.1 Å². The highest BCUT2D eigenvalue weighted by molar-refractivity contribution is 6.13. The average Bonchev–Trinajstić information content (AvgIpc) is 3.12. The third-order valence-electron chi connectivity index (χ3n) is 5.62. The Morgan fingerprint density at radius 3 is 2.51 bits per heavy atom. The van der Waals surface area contributed by atoms with Crippen LogP contribution in [0.5, 0.6) is 0 Å². The molecular formula is C27H33FN4O3. The molecule has 8 heteroatoms. The number of carbonyl (C=O) groups excluding carboxylic acids is 1.